The van der Waals surface area contributed by atoms with Crippen LogP contribution in [0.3, 0.4) is 0 Å². The quantitative estimate of drug-likeness (QED) is 0.741. The number of fused-ring (bicyclic) bond motifs is 1. The predicted molar refractivity (Wildman–Crippen MR) is 59.7 cm³/mol. The molecule has 0 spiro atoms. The molecule has 6 heteroatoms. The Balaban J connectivity index is 1.86. The van der Waals surface area contributed by atoms with Gasteiger partial charge in [0.1, 0.15) is 11.6 Å². The number of rotatable bonds is 1. The molecule has 0 aliphatic carbocycles. The van der Waals surface area contributed by atoms with Crippen LogP contribution in [0.25, 0.3) is 0 Å². The van der Waals surface area contributed by atoms with Crippen LogP contribution >= 0.6 is 0 Å². The van der Waals surface area contributed by atoms with Crippen LogP contribution in [0, 0.1) is 0 Å². The summed E-state index contributed by atoms with van der Waals surface area (Å²) in [5.74, 6) is 2.36. The van der Waals surface area contributed by atoms with Gasteiger partial charge >= 0.3 is 0 Å². The van der Waals surface area contributed by atoms with E-state index >= 15 is 0 Å². The van der Waals surface area contributed by atoms with Gasteiger partial charge in [-0.1, -0.05) is 0 Å². The molecule has 0 atom stereocenters. The number of hydrogen-bond acceptors (Lipinski definition) is 5. The molecule has 0 amide bonds. The predicted octanol–water partition coefficient (Wildman–Crippen LogP) is 0.275. The zero-order chi connectivity index (χ0) is 11.0. The maximum absolute atomic E-state index is 5.51. The maximum Gasteiger partial charge on any atom is 0.151 e. The fourth-order valence-corrected chi connectivity index (χ4v) is 1.87. The first kappa shape index (κ1) is 9.14. The highest BCUT2D eigenvalue weighted by molar-refractivity contribution is 5.41. The van der Waals surface area contributed by atoms with E-state index in [0.717, 1.165) is 31.3 Å². The molecule has 0 bridgehead atoms. The Morgan fingerprint density at radius 3 is 2.94 bits per heavy atom. The zero-order valence-corrected chi connectivity index (χ0v) is 8.74. The van der Waals surface area contributed by atoms with Crippen LogP contribution in [0.4, 0.5) is 11.6 Å². The van der Waals surface area contributed by atoms with Crippen LogP contribution in [0.15, 0.2) is 24.5 Å². The smallest absolute Gasteiger partial charge is 0.151 e. The minimum atomic E-state index is 0.447. The molecule has 3 heterocycles. The summed E-state index contributed by atoms with van der Waals surface area (Å²) in [6, 6.07) is 3.66. The number of hydrogen-bond donors (Lipinski definition) is 1. The Morgan fingerprint density at radius 1 is 1.19 bits per heavy atom. The molecule has 82 valence electrons. The van der Waals surface area contributed by atoms with Crippen LogP contribution in [-0.4, -0.2) is 26.3 Å². The number of nitrogens with zero attached hydrogens (tertiary/aromatic N) is 5. The largest absolute Gasteiger partial charge is 0.382 e. The first-order valence-corrected chi connectivity index (χ1v) is 5.17. The third-order valence-corrected chi connectivity index (χ3v) is 2.74. The third-order valence-electron chi connectivity index (χ3n) is 2.74. The van der Waals surface area contributed by atoms with E-state index < -0.39 is 0 Å². The summed E-state index contributed by atoms with van der Waals surface area (Å²) in [6.45, 7) is 2.62. The number of anilines is 2. The summed E-state index contributed by atoms with van der Waals surface area (Å²) in [5.41, 5.74) is 5.51. The molecule has 0 saturated carbocycles. The van der Waals surface area contributed by atoms with Crippen molar-refractivity contribution in [3.8, 4) is 0 Å². The Hall–Kier alpha value is -2.11. The van der Waals surface area contributed by atoms with Crippen molar-refractivity contribution in [1.82, 2.24) is 19.7 Å². The van der Waals surface area contributed by atoms with E-state index in [-0.39, 0.29) is 0 Å². The molecule has 3 rings (SSSR count). The lowest BCUT2D eigenvalue weighted by Gasteiger charge is -2.28. The minimum Gasteiger partial charge on any atom is -0.382 e. The number of nitrogens with two attached hydrogens (primary N) is 1. The van der Waals surface area contributed by atoms with Gasteiger partial charge in [0.25, 0.3) is 0 Å². The first-order valence-electron chi connectivity index (χ1n) is 5.17. The molecule has 2 N–H and O–H groups in total. The lowest BCUT2D eigenvalue weighted by Crippen LogP contribution is -2.34. The van der Waals surface area contributed by atoms with E-state index in [1.54, 1.807) is 6.07 Å². The van der Waals surface area contributed by atoms with Gasteiger partial charge in [0.05, 0.1) is 6.54 Å². The molecule has 0 radical (unpaired) electrons. The Morgan fingerprint density at radius 2 is 2.12 bits per heavy atom. The zero-order valence-electron chi connectivity index (χ0n) is 8.74. The summed E-state index contributed by atoms with van der Waals surface area (Å²) in [7, 11) is 0. The summed E-state index contributed by atoms with van der Waals surface area (Å²) in [6.07, 6.45) is 3.83. The van der Waals surface area contributed by atoms with Crippen molar-refractivity contribution in [1.29, 1.82) is 0 Å². The second kappa shape index (κ2) is 3.48. The third kappa shape index (κ3) is 1.48. The van der Waals surface area contributed by atoms with E-state index in [1.165, 1.54) is 0 Å². The van der Waals surface area contributed by atoms with Gasteiger partial charge in [0, 0.05) is 25.5 Å². The molecule has 1 aliphatic rings. The summed E-state index contributed by atoms with van der Waals surface area (Å²) >= 11 is 0. The highest BCUT2D eigenvalue weighted by Gasteiger charge is 2.17. The van der Waals surface area contributed by atoms with Gasteiger partial charge < -0.3 is 15.2 Å². The second-order valence-electron chi connectivity index (χ2n) is 3.77. The number of imidazole rings is 1. The molecule has 2 aromatic heterocycles. The molecular weight excluding hydrogens is 204 g/mol. The van der Waals surface area contributed by atoms with E-state index in [9.17, 15) is 0 Å². The van der Waals surface area contributed by atoms with Crippen molar-refractivity contribution in [2.75, 3.05) is 17.2 Å². The van der Waals surface area contributed by atoms with Crippen molar-refractivity contribution < 1.29 is 0 Å². The molecule has 0 fully saturated rings. The molecule has 16 heavy (non-hydrogen) atoms. The number of aromatic nitrogens is 4. The molecule has 2 aromatic rings. The minimum absolute atomic E-state index is 0.447. The number of nitrogen functional groups attached to an aromatic ring is 1. The van der Waals surface area contributed by atoms with Crippen molar-refractivity contribution in [3.05, 3.63) is 30.4 Å². The normalized spacial score (nSPS) is 14.9. The molecular formula is C10H12N6. The molecule has 0 saturated heterocycles. The highest BCUT2D eigenvalue weighted by Crippen LogP contribution is 2.17. The van der Waals surface area contributed by atoms with Crippen molar-refractivity contribution in [2.24, 2.45) is 0 Å². The van der Waals surface area contributed by atoms with Gasteiger partial charge in [-0.3, -0.25) is 0 Å². The van der Waals surface area contributed by atoms with Crippen LogP contribution in [0.5, 0.6) is 0 Å². The van der Waals surface area contributed by atoms with Gasteiger partial charge in [-0.15, -0.1) is 10.2 Å². The lowest BCUT2D eigenvalue weighted by atomic mass is 10.3. The van der Waals surface area contributed by atoms with Crippen molar-refractivity contribution >= 4 is 11.6 Å². The molecule has 1 aliphatic heterocycles. The van der Waals surface area contributed by atoms with Crippen LogP contribution in [0.2, 0.25) is 0 Å². The summed E-state index contributed by atoms with van der Waals surface area (Å²) in [4.78, 5) is 6.45. The van der Waals surface area contributed by atoms with Crippen LogP contribution in [0.1, 0.15) is 5.82 Å². The molecule has 6 nitrogen and oxygen atoms in total. The fourth-order valence-electron chi connectivity index (χ4n) is 1.87. The van der Waals surface area contributed by atoms with Gasteiger partial charge in [-0.05, 0) is 12.1 Å². The maximum atomic E-state index is 5.51. The SMILES string of the molecule is Nc1ccc(N2CCn3ccnc3C2)nn1. The van der Waals surface area contributed by atoms with E-state index in [4.69, 9.17) is 5.73 Å². The lowest BCUT2D eigenvalue weighted by molar-refractivity contribution is 0.554. The standard InChI is InChI=1S/C10H12N6/c11-8-1-2-9(14-13-8)16-6-5-15-4-3-12-10(15)7-16/h1-4H,5-7H2,(H2,11,13). The van der Waals surface area contributed by atoms with Gasteiger partial charge in [-0.2, -0.15) is 0 Å². The Kier molecular flexibility index (Phi) is 1.99. The van der Waals surface area contributed by atoms with Gasteiger partial charge in [-0.25, -0.2) is 4.98 Å². The van der Waals surface area contributed by atoms with Gasteiger partial charge in [0.15, 0.2) is 5.82 Å². The summed E-state index contributed by atoms with van der Waals surface area (Å²) < 4.78 is 2.15. The van der Waals surface area contributed by atoms with Crippen LogP contribution in [-0.2, 0) is 13.1 Å². The van der Waals surface area contributed by atoms with E-state index in [0.29, 0.717) is 5.82 Å². The van der Waals surface area contributed by atoms with Gasteiger partial charge in [0.2, 0.25) is 0 Å². The summed E-state index contributed by atoms with van der Waals surface area (Å²) in [5, 5.41) is 7.93. The molecule has 0 unspecified atom stereocenters. The topological polar surface area (TPSA) is 72.9 Å². The van der Waals surface area contributed by atoms with Crippen LogP contribution < -0.4 is 10.6 Å². The van der Waals surface area contributed by atoms with Crippen molar-refractivity contribution in [2.45, 2.75) is 13.1 Å². The Bertz CT molecular complexity index is 488. The highest BCUT2D eigenvalue weighted by atomic mass is 15.3. The average Bonchev–Trinajstić information content (AvgIpc) is 2.77. The monoisotopic (exact) mass is 216 g/mol. The second-order valence-corrected chi connectivity index (χ2v) is 3.77. The first-order chi connectivity index (χ1) is 7.83. The van der Waals surface area contributed by atoms with E-state index in [2.05, 4.69) is 24.6 Å². The average molecular weight is 216 g/mol. The van der Waals surface area contributed by atoms with E-state index in [1.807, 2.05) is 18.5 Å². The van der Waals surface area contributed by atoms with Crippen molar-refractivity contribution in [3.63, 3.8) is 0 Å². The fraction of sp³-hybridized carbons (Fsp3) is 0.300. The molecule has 0 aromatic carbocycles. The Labute approximate surface area is 92.7 Å².